The molecule has 4 rings (SSSR count). The fraction of sp³-hybridized carbons (Fsp3) is 0.346. The van der Waals surface area contributed by atoms with Gasteiger partial charge in [0.1, 0.15) is 4.88 Å². The normalized spacial score (nSPS) is 18.5. The van der Waals surface area contributed by atoms with Crippen molar-refractivity contribution in [2.45, 2.75) is 32.1 Å². The molecule has 190 valence electrons. The summed E-state index contributed by atoms with van der Waals surface area (Å²) in [4.78, 5) is 30.3. The van der Waals surface area contributed by atoms with Crippen LogP contribution >= 0.6 is 11.3 Å². The lowest BCUT2D eigenvalue weighted by Crippen LogP contribution is -2.42. The number of anilines is 1. The van der Waals surface area contributed by atoms with Gasteiger partial charge in [-0.2, -0.15) is 4.31 Å². The lowest BCUT2D eigenvalue weighted by Gasteiger charge is -2.34. The Hall–Kier alpha value is -3.08. The van der Waals surface area contributed by atoms with Gasteiger partial charge in [0.2, 0.25) is 10.0 Å². The Balaban J connectivity index is 1.53. The maximum absolute atomic E-state index is 13.1. The molecule has 10 heteroatoms. The molecule has 1 saturated heterocycles. The Bertz CT molecular complexity index is 1330. The summed E-state index contributed by atoms with van der Waals surface area (Å²) in [6.45, 7) is 7.04. The van der Waals surface area contributed by atoms with E-state index in [0.717, 1.165) is 23.3 Å². The molecule has 0 saturated carbocycles. The molecule has 1 aliphatic rings. The predicted molar refractivity (Wildman–Crippen MR) is 140 cm³/mol. The van der Waals surface area contributed by atoms with E-state index in [1.54, 1.807) is 6.92 Å². The molecule has 3 aromatic rings. The second-order valence-corrected chi connectivity index (χ2v) is 12.0. The molecule has 1 aliphatic heterocycles. The van der Waals surface area contributed by atoms with Crippen LogP contribution in [0.1, 0.15) is 47.2 Å². The Morgan fingerprint density at radius 2 is 1.69 bits per heavy atom. The van der Waals surface area contributed by atoms with Crippen molar-refractivity contribution in [3.05, 3.63) is 65.0 Å². The van der Waals surface area contributed by atoms with Crippen LogP contribution in [0, 0.1) is 11.8 Å². The minimum absolute atomic E-state index is 0.158. The third-order valence-electron chi connectivity index (χ3n) is 5.95. The number of nitrogens with one attached hydrogen (secondary N) is 1. The Kier molecular flexibility index (Phi) is 7.87. The second-order valence-electron chi connectivity index (χ2n) is 9.03. The molecule has 8 nitrogen and oxygen atoms in total. The number of hydrogen-bond donors (Lipinski definition) is 1. The van der Waals surface area contributed by atoms with E-state index >= 15 is 0 Å². The monoisotopic (exact) mass is 527 g/mol. The number of thiazole rings is 1. The molecule has 0 unspecified atom stereocenters. The van der Waals surface area contributed by atoms with Crippen LogP contribution in [0.2, 0.25) is 0 Å². The summed E-state index contributed by atoms with van der Waals surface area (Å²) in [6, 6.07) is 15.1. The number of piperidine rings is 1. The number of aromatic nitrogens is 1. The number of carbonyl (C=O) groups excluding carboxylic acids is 2. The van der Waals surface area contributed by atoms with Crippen LogP contribution < -0.4 is 5.32 Å². The first-order chi connectivity index (χ1) is 17.2. The van der Waals surface area contributed by atoms with Crippen LogP contribution in [0.25, 0.3) is 11.3 Å². The number of rotatable bonds is 7. The Morgan fingerprint density at radius 1 is 1.06 bits per heavy atom. The Morgan fingerprint density at radius 3 is 2.31 bits per heavy atom. The van der Waals surface area contributed by atoms with Crippen molar-refractivity contribution in [1.29, 1.82) is 0 Å². The zero-order chi connectivity index (χ0) is 25.9. The van der Waals surface area contributed by atoms with Crippen LogP contribution in [0.3, 0.4) is 0 Å². The van der Waals surface area contributed by atoms with E-state index in [2.05, 4.69) is 24.1 Å². The van der Waals surface area contributed by atoms with Gasteiger partial charge in [-0.1, -0.05) is 55.5 Å². The zero-order valence-corrected chi connectivity index (χ0v) is 22.1. The van der Waals surface area contributed by atoms with Crippen molar-refractivity contribution in [3.8, 4) is 11.3 Å². The first-order valence-electron chi connectivity index (χ1n) is 11.8. The number of esters is 1. The molecule has 2 aromatic carbocycles. The minimum atomic E-state index is -3.64. The lowest BCUT2D eigenvalue weighted by molar-refractivity contribution is 0.0532. The van der Waals surface area contributed by atoms with E-state index in [0.29, 0.717) is 35.5 Å². The lowest BCUT2D eigenvalue weighted by atomic mass is 9.94. The summed E-state index contributed by atoms with van der Waals surface area (Å²) >= 11 is 1.03. The molecule has 1 aromatic heterocycles. The van der Waals surface area contributed by atoms with Crippen LogP contribution in [-0.2, 0) is 14.8 Å². The summed E-state index contributed by atoms with van der Waals surface area (Å²) in [5.41, 5.74) is 1.44. The molecule has 2 heterocycles. The molecule has 0 aliphatic carbocycles. The summed E-state index contributed by atoms with van der Waals surface area (Å²) in [5, 5.41) is 2.97. The number of carbonyl (C=O) groups is 2. The van der Waals surface area contributed by atoms with Crippen molar-refractivity contribution in [1.82, 2.24) is 9.29 Å². The third kappa shape index (κ3) is 5.66. The van der Waals surface area contributed by atoms with Gasteiger partial charge in [0, 0.05) is 24.2 Å². The zero-order valence-electron chi connectivity index (χ0n) is 20.4. The minimum Gasteiger partial charge on any atom is -0.462 e. The summed E-state index contributed by atoms with van der Waals surface area (Å²) in [7, 11) is -3.64. The number of benzene rings is 2. The maximum Gasteiger partial charge on any atom is 0.350 e. The molecule has 36 heavy (non-hydrogen) atoms. The van der Waals surface area contributed by atoms with Gasteiger partial charge in [0.05, 0.1) is 17.2 Å². The number of ether oxygens (including phenoxy) is 1. The molecular weight excluding hydrogens is 498 g/mol. The first kappa shape index (κ1) is 26.0. The van der Waals surface area contributed by atoms with Crippen molar-refractivity contribution >= 4 is 38.4 Å². The number of amides is 1. The Labute approximate surface area is 215 Å². The van der Waals surface area contributed by atoms with E-state index in [1.807, 2.05) is 30.3 Å². The van der Waals surface area contributed by atoms with Gasteiger partial charge in [-0.05, 0) is 49.4 Å². The van der Waals surface area contributed by atoms with Gasteiger partial charge in [0.15, 0.2) is 5.13 Å². The molecule has 1 N–H and O–H groups in total. The van der Waals surface area contributed by atoms with Crippen LogP contribution in [0.5, 0.6) is 0 Å². The van der Waals surface area contributed by atoms with Gasteiger partial charge in [-0.15, -0.1) is 0 Å². The fourth-order valence-corrected chi connectivity index (χ4v) is 6.95. The van der Waals surface area contributed by atoms with Gasteiger partial charge in [-0.25, -0.2) is 18.2 Å². The summed E-state index contributed by atoms with van der Waals surface area (Å²) < 4.78 is 32.9. The molecule has 1 amide bonds. The van der Waals surface area contributed by atoms with Gasteiger partial charge in [0.25, 0.3) is 5.91 Å². The second kappa shape index (κ2) is 10.9. The van der Waals surface area contributed by atoms with Crippen molar-refractivity contribution in [2.75, 3.05) is 25.0 Å². The number of sulfonamides is 1. The van der Waals surface area contributed by atoms with Crippen LogP contribution in [0.15, 0.2) is 59.5 Å². The highest BCUT2D eigenvalue weighted by atomic mass is 32.2. The summed E-state index contributed by atoms with van der Waals surface area (Å²) in [6.07, 6.45) is 1.01. The topological polar surface area (TPSA) is 106 Å². The van der Waals surface area contributed by atoms with E-state index in [4.69, 9.17) is 4.74 Å². The molecule has 0 bridgehead atoms. The average molecular weight is 528 g/mol. The SMILES string of the molecule is CCOC(=O)c1sc(NC(=O)c2ccc(S(=O)(=O)N3C[C@@H](C)C[C@H](C)C3)cc2)nc1-c1ccccc1. The number of nitrogens with zero attached hydrogens (tertiary/aromatic N) is 2. The molecular formula is C26H29N3O5S2. The first-order valence-corrected chi connectivity index (χ1v) is 14.1. The fourth-order valence-electron chi connectivity index (χ4n) is 4.40. The van der Waals surface area contributed by atoms with E-state index in [1.165, 1.54) is 28.6 Å². The van der Waals surface area contributed by atoms with Crippen molar-refractivity contribution in [2.24, 2.45) is 11.8 Å². The van der Waals surface area contributed by atoms with Gasteiger partial charge >= 0.3 is 5.97 Å². The largest absolute Gasteiger partial charge is 0.462 e. The molecule has 2 atom stereocenters. The van der Waals surface area contributed by atoms with Crippen LogP contribution in [0.4, 0.5) is 5.13 Å². The highest BCUT2D eigenvalue weighted by Gasteiger charge is 2.31. The standard InChI is InChI=1S/C26H29N3O5S2/c1-4-34-25(31)23-22(19-8-6-5-7-9-19)27-26(35-23)28-24(30)20-10-12-21(13-11-20)36(32,33)29-15-17(2)14-18(3)16-29/h5-13,17-18H,4,14-16H2,1-3H3,(H,27,28,30)/t17-,18-/m0/s1. The highest BCUT2D eigenvalue weighted by Crippen LogP contribution is 2.32. The van der Waals surface area contributed by atoms with Crippen molar-refractivity contribution < 1.29 is 22.7 Å². The van der Waals surface area contributed by atoms with Crippen LogP contribution in [-0.4, -0.2) is 49.3 Å². The third-order valence-corrected chi connectivity index (χ3v) is 8.74. The predicted octanol–water partition coefficient (Wildman–Crippen LogP) is 4.91. The maximum atomic E-state index is 13.1. The molecule has 0 radical (unpaired) electrons. The summed E-state index contributed by atoms with van der Waals surface area (Å²) in [5.74, 6) is -0.368. The average Bonchev–Trinajstić information content (AvgIpc) is 3.28. The van der Waals surface area contributed by atoms with Crippen molar-refractivity contribution in [3.63, 3.8) is 0 Å². The number of hydrogen-bond acceptors (Lipinski definition) is 7. The quantitative estimate of drug-likeness (QED) is 0.438. The van der Waals surface area contributed by atoms with E-state index in [9.17, 15) is 18.0 Å². The molecule has 1 fully saturated rings. The smallest absolute Gasteiger partial charge is 0.350 e. The highest BCUT2D eigenvalue weighted by molar-refractivity contribution is 7.89. The van der Waals surface area contributed by atoms with Gasteiger partial charge in [-0.3, -0.25) is 10.1 Å². The van der Waals surface area contributed by atoms with E-state index in [-0.39, 0.29) is 22.2 Å². The van der Waals surface area contributed by atoms with E-state index < -0.39 is 21.9 Å². The van der Waals surface area contributed by atoms with Gasteiger partial charge < -0.3 is 4.74 Å². The molecule has 0 spiro atoms.